The van der Waals surface area contributed by atoms with Crippen LogP contribution in [0.1, 0.15) is 65.2 Å². The minimum atomic E-state index is -0.339. The van der Waals surface area contributed by atoms with Crippen molar-refractivity contribution in [3.8, 4) is 0 Å². The zero-order valence-corrected chi connectivity index (χ0v) is 15.9. The summed E-state index contributed by atoms with van der Waals surface area (Å²) < 4.78 is 10.7. The Morgan fingerprint density at radius 1 is 0.962 bits per heavy atom. The summed E-state index contributed by atoms with van der Waals surface area (Å²) in [7, 11) is 0. The van der Waals surface area contributed by atoms with E-state index < -0.39 is 0 Å². The van der Waals surface area contributed by atoms with Crippen LogP contribution in [0.25, 0.3) is 0 Å². The first kappa shape index (κ1) is 18.3. The molecule has 4 fully saturated rings. The van der Waals surface area contributed by atoms with E-state index in [2.05, 4.69) is 13.8 Å². The average molecular weight is 364 g/mol. The molecule has 0 heterocycles. The van der Waals surface area contributed by atoms with E-state index in [9.17, 15) is 14.7 Å². The highest BCUT2D eigenvalue weighted by atomic mass is 16.5. The maximum Gasteiger partial charge on any atom is 0.293 e. The summed E-state index contributed by atoms with van der Waals surface area (Å²) >= 11 is 0. The molecule has 5 heteroatoms. The molecule has 5 nitrogen and oxygen atoms in total. The Morgan fingerprint density at radius 3 is 2.46 bits per heavy atom. The third-order valence-electron chi connectivity index (χ3n) is 8.93. The van der Waals surface area contributed by atoms with E-state index in [0.29, 0.717) is 36.6 Å². The smallest absolute Gasteiger partial charge is 0.293 e. The van der Waals surface area contributed by atoms with E-state index in [4.69, 9.17) is 9.47 Å². The highest BCUT2D eigenvalue weighted by Gasteiger charge is 2.63. The third-order valence-corrected chi connectivity index (χ3v) is 8.93. The molecule has 0 spiro atoms. The summed E-state index contributed by atoms with van der Waals surface area (Å²) in [6, 6.07) is 0. The number of aliphatic hydroxyl groups is 1. The first-order valence-corrected chi connectivity index (χ1v) is 10.3. The van der Waals surface area contributed by atoms with Gasteiger partial charge in [0, 0.05) is 5.41 Å². The maximum absolute atomic E-state index is 11.2. The van der Waals surface area contributed by atoms with E-state index in [1.54, 1.807) is 0 Å². The molecule has 4 aliphatic rings. The molecule has 1 N–H and O–H groups in total. The number of carbonyl (C=O) groups excluding carboxylic acids is 2. The second kappa shape index (κ2) is 6.50. The molecule has 4 saturated carbocycles. The van der Waals surface area contributed by atoms with Gasteiger partial charge in [-0.1, -0.05) is 13.8 Å². The van der Waals surface area contributed by atoms with E-state index in [1.807, 2.05) is 0 Å². The molecule has 4 rings (SSSR count). The molecule has 0 aromatic carbocycles. The van der Waals surface area contributed by atoms with Gasteiger partial charge in [-0.2, -0.15) is 0 Å². The van der Waals surface area contributed by atoms with Gasteiger partial charge < -0.3 is 14.6 Å². The van der Waals surface area contributed by atoms with Crippen LogP contribution in [0.5, 0.6) is 0 Å². The topological polar surface area (TPSA) is 72.8 Å². The minimum absolute atomic E-state index is 0.0463. The van der Waals surface area contributed by atoms with Crippen molar-refractivity contribution in [2.75, 3.05) is 0 Å². The van der Waals surface area contributed by atoms with Gasteiger partial charge in [0.2, 0.25) is 0 Å². The molecule has 146 valence electrons. The zero-order chi connectivity index (χ0) is 18.5. The third kappa shape index (κ3) is 2.53. The van der Waals surface area contributed by atoms with Crippen molar-refractivity contribution in [1.82, 2.24) is 0 Å². The summed E-state index contributed by atoms with van der Waals surface area (Å²) in [6.45, 7) is 5.77. The van der Waals surface area contributed by atoms with Gasteiger partial charge in [0.25, 0.3) is 12.9 Å². The second-order valence-electron chi connectivity index (χ2n) is 9.78. The summed E-state index contributed by atoms with van der Waals surface area (Å²) in [5, 5.41) is 11.2. The number of carbonyl (C=O) groups is 2. The van der Waals surface area contributed by atoms with Crippen molar-refractivity contribution in [2.24, 2.45) is 34.5 Å². The van der Waals surface area contributed by atoms with Crippen LogP contribution in [-0.2, 0) is 19.1 Å². The molecule has 4 aliphatic carbocycles. The molecule has 0 amide bonds. The van der Waals surface area contributed by atoms with Crippen LogP contribution in [0.15, 0.2) is 0 Å². The van der Waals surface area contributed by atoms with Crippen molar-refractivity contribution in [3.63, 3.8) is 0 Å². The van der Waals surface area contributed by atoms with Crippen molar-refractivity contribution < 1.29 is 24.2 Å². The number of ether oxygens (including phenoxy) is 2. The minimum Gasteiger partial charge on any atom is -0.465 e. The molecular formula is C21H32O5. The van der Waals surface area contributed by atoms with Crippen LogP contribution in [0.3, 0.4) is 0 Å². The molecule has 0 aliphatic heterocycles. The maximum atomic E-state index is 11.2. The molecule has 0 unspecified atom stereocenters. The normalized spacial score (nSPS) is 53.0. The van der Waals surface area contributed by atoms with Crippen LogP contribution < -0.4 is 0 Å². The molecule has 9 atom stereocenters. The van der Waals surface area contributed by atoms with E-state index in [1.165, 1.54) is 0 Å². The van der Waals surface area contributed by atoms with Crippen LogP contribution >= 0.6 is 0 Å². The van der Waals surface area contributed by atoms with Gasteiger partial charge in [-0.15, -0.1) is 0 Å². The van der Waals surface area contributed by atoms with Crippen LogP contribution in [0.4, 0.5) is 0 Å². The fourth-order valence-electron chi connectivity index (χ4n) is 7.79. The van der Waals surface area contributed by atoms with Gasteiger partial charge in [-0.3, -0.25) is 9.59 Å². The van der Waals surface area contributed by atoms with Crippen LogP contribution in [0.2, 0.25) is 0 Å². The lowest BCUT2D eigenvalue weighted by atomic mass is 9.44. The standard InChI is InChI=1S/C21H32O5/c1-20-8-7-14(25-11-22)9-13(20)3-4-15-16-5-6-18(26-12-23)21(16,2)10-17(24)19(15)20/h11-19,24H,3-10H2,1-2H3/t13-,14-,15+,16+,17+,18+,19-,20+,21+/m1/s1. The molecule has 0 aromatic rings. The van der Waals surface area contributed by atoms with Gasteiger partial charge >= 0.3 is 0 Å². The fraction of sp³-hybridized carbons (Fsp3) is 0.905. The van der Waals surface area contributed by atoms with Crippen molar-refractivity contribution in [2.45, 2.75) is 83.5 Å². The quantitative estimate of drug-likeness (QED) is 0.776. The Balaban J connectivity index is 1.59. The highest BCUT2D eigenvalue weighted by molar-refractivity contribution is 5.38. The highest BCUT2D eigenvalue weighted by Crippen LogP contribution is 2.66. The van der Waals surface area contributed by atoms with Crippen molar-refractivity contribution >= 4 is 12.9 Å². The number of rotatable bonds is 4. The van der Waals surface area contributed by atoms with Crippen LogP contribution in [-0.4, -0.2) is 36.4 Å². The van der Waals surface area contributed by atoms with Gasteiger partial charge in [-0.05, 0) is 80.5 Å². The van der Waals surface area contributed by atoms with Gasteiger partial charge in [0.1, 0.15) is 12.2 Å². The Labute approximate surface area is 155 Å². The predicted octanol–water partition coefficient (Wildman–Crippen LogP) is 3.08. The van der Waals surface area contributed by atoms with E-state index in [-0.39, 0.29) is 29.1 Å². The number of hydrogen-bond donors (Lipinski definition) is 1. The lowest BCUT2D eigenvalue weighted by Gasteiger charge is -2.62. The van der Waals surface area contributed by atoms with Gasteiger partial charge in [-0.25, -0.2) is 0 Å². The van der Waals surface area contributed by atoms with Gasteiger partial charge in [0.05, 0.1) is 6.10 Å². The number of hydrogen-bond acceptors (Lipinski definition) is 5. The Morgan fingerprint density at radius 2 is 1.73 bits per heavy atom. The average Bonchev–Trinajstić information content (AvgIpc) is 2.91. The van der Waals surface area contributed by atoms with Crippen molar-refractivity contribution in [3.05, 3.63) is 0 Å². The van der Waals surface area contributed by atoms with E-state index >= 15 is 0 Å². The second-order valence-corrected chi connectivity index (χ2v) is 9.78. The molecule has 0 bridgehead atoms. The Bertz CT molecular complexity index is 565. The lowest BCUT2D eigenvalue weighted by molar-refractivity contribution is -0.190. The number of aliphatic hydroxyl groups excluding tert-OH is 1. The summed E-state index contributed by atoms with van der Waals surface area (Å²) in [6.07, 6.45) is 7.54. The molecule has 0 saturated heterocycles. The Hall–Kier alpha value is -1.10. The largest absolute Gasteiger partial charge is 0.465 e. The van der Waals surface area contributed by atoms with E-state index in [0.717, 1.165) is 51.4 Å². The first-order valence-electron chi connectivity index (χ1n) is 10.3. The monoisotopic (exact) mass is 364 g/mol. The first-order chi connectivity index (χ1) is 12.4. The lowest BCUT2D eigenvalue weighted by Crippen LogP contribution is -2.59. The fourth-order valence-corrected chi connectivity index (χ4v) is 7.79. The Kier molecular flexibility index (Phi) is 4.57. The van der Waals surface area contributed by atoms with Crippen LogP contribution in [0, 0.1) is 34.5 Å². The number of fused-ring (bicyclic) bond motifs is 5. The molecular weight excluding hydrogens is 332 g/mol. The predicted molar refractivity (Wildman–Crippen MR) is 95.0 cm³/mol. The summed E-state index contributed by atoms with van der Waals surface area (Å²) in [4.78, 5) is 21.7. The molecule has 0 aromatic heterocycles. The molecule has 26 heavy (non-hydrogen) atoms. The SMILES string of the molecule is C[C@]12CC[C@@H](OC=O)C[C@H]1CC[C@@H]1[C@@H]2[C@@H](O)C[C@]2(C)[C@@H](OC=O)CC[C@@H]12. The molecule has 0 radical (unpaired) electrons. The van der Waals surface area contributed by atoms with Gasteiger partial charge in [0.15, 0.2) is 0 Å². The summed E-state index contributed by atoms with van der Waals surface area (Å²) in [5.41, 5.74) is 0.0263. The van der Waals surface area contributed by atoms with Crippen molar-refractivity contribution in [1.29, 1.82) is 0 Å². The summed E-state index contributed by atoms with van der Waals surface area (Å²) in [5.74, 6) is 1.87. The zero-order valence-electron chi connectivity index (χ0n) is 15.9.